The zero-order valence-corrected chi connectivity index (χ0v) is 17.7. The van der Waals surface area contributed by atoms with Crippen molar-refractivity contribution in [3.8, 4) is 10.6 Å². The van der Waals surface area contributed by atoms with Crippen LogP contribution in [0.25, 0.3) is 10.6 Å². The van der Waals surface area contributed by atoms with Gasteiger partial charge in [0.2, 0.25) is 5.91 Å². The topological polar surface area (TPSA) is 54.9 Å². The molecule has 0 atom stereocenters. The summed E-state index contributed by atoms with van der Waals surface area (Å²) in [6, 6.07) is 12.7. The minimum Gasteiger partial charge on any atom is -0.355 e. The first-order valence-electron chi connectivity index (χ1n) is 10.3. The van der Waals surface area contributed by atoms with E-state index in [4.69, 9.17) is 0 Å². The van der Waals surface area contributed by atoms with Crippen LogP contribution in [0.4, 0.5) is 0 Å². The van der Waals surface area contributed by atoms with Crippen LogP contribution in [-0.2, 0) is 16.6 Å². The van der Waals surface area contributed by atoms with Crippen LogP contribution in [0.5, 0.6) is 0 Å². The maximum Gasteiger partial charge on any atom is 0.226 e. The zero-order valence-electron chi connectivity index (χ0n) is 16.9. The van der Waals surface area contributed by atoms with Crippen LogP contribution in [0.15, 0.2) is 54.2 Å². The molecular weight excluding hydrogens is 378 g/mol. The molecule has 1 amide bonds. The number of aromatic nitrogens is 2. The van der Waals surface area contributed by atoms with Gasteiger partial charge in [0.05, 0.1) is 12.1 Å². The molecule has 1 N–H and O–H groups in total. The maximum atomic E-state index is 12.7. The number of rotatable bonds is 6. The Balaban J connectivity index is 1.42. The third-order valence-electron chi connectivity index (χ3n) is 5.87. The largest absolute Gasteiger partial charge is 0.355 e. The van der Waals surface area contributed by atoms with Gasteiger partial charge in [0.1, 0.15) is 5.01 Å². The molecule has 0 bridgehead atoms. The van der Waals surface area contributed by atoms with Crippen molar-refractivity contribution >= 4 is 17.2 Å². The van der Waals surface area contributed by atoms with Crippen molar-refractivity contribution in [3.63, 3.8) is 0 Å². The first kappa shape index (κ1) is 19.8. The zero-order chi connectivity index (χ0) is 20.1. The van der Waals surface area contributed by atoms with E-state index in [-0.39, 0.29) is 11.3 Å². The summed E-state index contributed by atoms with van der Waals surface area (Å²) in [6.07, 6.45) is 9.89. The molecule has 0 unspecified atom stereocenters. The van der Waals surface area contributed by atoms with Gasteiger partial charge in [-0.2, -0.15) is 0 Å². The van der Waals surface area contributed by atoms with E-state index >= 15 is 0 Å². The molecule has 1 saturated carbocycles. The van der Waals surface area contributed by atoms with Crippen molar-refractivity contribution in [2.24, 2.45) is 0 Å². The van der Waals surface area contributed by atoms with Crippen LogP contribution in [0.2, 0.25) is 0 Å². The third-order valence-corrected chi connectivity index (χ3v) is 6.81. The van der Waals surface area contributed by atoms with Crippen molar-refractivity contribution in [1.82, 2.24) is 15.3 Å². The van der Waals surface area contributed by atoms with Gasteiger partial charge >= 0.3 is 0 Å². The number of carbonyl (C=O) groups excluding carboxylic acids is 1. The van der Waals surface area contributed by atoms with Crippen molar-refractivity contribution in [3.05, 3.63) is 71.0 Å². The summed E-state index contributed by atoms with van der Waals surface area (Å²) in [6.45, 7) is 2.84. The number of pyridine rings is 1. The van der Waals surface area contributed by atoms with Crippen LogP contribution in [0, 0.1) is 6.92 Å². The lowest BCUT2D eigenvalue weighted by Crippen LogP contribution is -2.42. The van der Waals surface area contributed by atoms with Crippen molar-refractivity contribution in [1.29, 1.82) is 0 Å². The fourth-order valence-electron chi connectivity index (χ4n) is 4.28. The van der Waals surface area contributed by atoms with E-state index in [1.807, 2.05) is 17.5 Å². The molecule has 150 valence electrons. The third kappa shape index (κ3) is 4.73. The molecule has 4 nitrogen and oxygen atoms in total. The molecule has 3 aromatic rings. The molecule has 0 radical (unpaired) electrons. The Bertz CT molecular complexity index is 961. The number of amides is 1. The van der Waals surface area contributed by atoms with Crippen molar-refractivity contribution in [2.75, 3.05) is 6.54 Å². The first-order chi connectivity index (χ1) is 14.1. The lowest BCUT2D eigenvalue weighted by Gasteiger charge is -2.38. The van der Waals surface area contributed by atoms with Gasteiger partial charge in [-0.1, -0.05) is 49.1 Å². The van der Waals surface area contributed by atoms with E-state index in [9.17, 15) is 4.79 Å². The Labute approximate surface area is 176 Å². The number of benzene rings is 1. The minimum atomic E-state index is 0.0469. The second-order valence-electron chi connectivity index (χ2n) is 8.05. The summed E-state index contributed by atoms with van der Waals surface area (Å²) in [5.74, 6) is 0.0469. The molecule has 1 fully saturated rings. The number of nitrogens with zero attached hydrogens (tertiary/aromatic N) is 2. The average Bonchev–Trinajstić information content (AvgIpc) is 3.22. The predicted molar refractivity (Wildman–Crippen MR) is 118 cm³/mol. The van der Waals surface area contributed by atoms with Gasteiger partial charge in [-0.25, -0.2) is 4.98 Å². The van der Waals surface area contributed by atoms with Gasteiger partial charge in [-0.05, 0) is 37.5 Å². The summed E-state index contributed by atoms with van der Waals surface area (Å²) < 4.78 is 0. The number of aryl methyl sites for hydroxylation is 1. The van der Waals surface area contributed by atoms with E-state index in [0.29, 0.717) is 13.0 Å². The molecule has 0 saturated heterocycles. The maximum absolute atomic E-state index is 12.7. The van der Waals surface area contributed by atoms with Crippen molar-refractivity contribution in [2.45, 2.75) is 50.9 Å². The van der Waals surface area contributed by atoms with Crippen LogP contribution in [0.3, 0.4) is 0 Å². The summed E-state index contributed by atoms with van der Waals surface area (Å²) in [4.78, 5) is 21.4. The SMILES string of the molecule is Cc1cccc(C2(CNC(=O)Cc3csc(-c4cccnc4)n3)CCCCC2)c1. The van der Waals surface area contributed by atoms with Gasteiger partial charge in [-0.3, -0.25) is 9.78 Å². The van der Waals surface area contributed by atoms with Gasteiger partial charge in [0.15, 0.2) is 0 Å². The molecule has 1 aliphatic carbocycles. The Morgan fingerprint density at radius 2 is 2.03 bits per heavy atom. The number of hydrogen-bond acceptors (Lipinski definition) is 4. The predicted octanol–water partition coefficient (Wildman–Crippen LogP) is 5.07. The molecule has 5 heteroatoms. The molecular formula is C24H27N3OS. The van der Waals surface area contributed by atoms with Gasteiger partial charge in [-0.15, -0.1) is 11.3 Å². The fourth-order valence-corrected chi connectivity index (χ4v) is 5.09. The highest BCUT2D eigenvalue weighted by atomic mass is 32.1. The molecule has 2 heterocycles. The van der Waals surface area contributed by atoms with Gasteiger partial charge < -0.3 is 5.32 Å². The second-order valence-corrected chi connectivity index (χ2v) is 8.91. The average molecular weight is 406 g/mol. The van der Waals surface area contributed by atoms with Gasteiger partial charge in [0, 0.05) is 35.3 Å². The Morgan fingerprint density at radius 3 is 2.79 bits per heavy atom. The fraction of sp³-hybridized carbons (Fsp3) is 0.375. The molecule has 0 aliphatic heterocycles. The lowest BCUT2D eigenvalue weighted by atomic mass is 9.69. The summed E-state index contributed by atoms with van der Waals surface area (Å²) >= 11 is 1.56. The number of hydrogen-bond donors (Lipinski definition) is 1. The Hall–Kier alpha value is -2.53. The Kier molecular flexibility index (Phi) is 6.05. The van der Waals surface area contributed by atoms with Crippen molar-refractivity contribution < 1.29 is 4.79 Å². The summed E-state index contributed by atoms with van der Waals surface area (Å²) in [5.41, 5.74) is 4.52. The first-order valence-corrected chi connectivity index (χ1v) is 11.2. The highest BCUT2D eigenvalue weighted by Gasteiger charge is 2.34. The molecule has 0 spiro atoms. The standard InChI is InChI=1S/C24H27N3OS/c1-18-7-5-9-20(13-18)24(10-3-2-4-11-24)17-26-22(28)14-21-16-29-23(27-21)19-8-6-12-25-15-19/h5-9,12-13,15-16H,2-4,10-11,14,17H2,1H3,(H,26,28). The van der Waals surface area contributed by atoms with E-state index < -0.39 is 0 Å². The molecule has 2 aromatic heterocycles. The highest BCUT2D eigenvalue weighted by molar-refractivity contribution is 7.13. The number of thiazole rings is 1. The van der Waals surface area contributed by atoms with Crippen LogP contribution in [-0.4, -0.2) is 22.4 Å². The molecule has 4 rings (SSSR count). The lowest BCUT2D eigenvalue weighted by molar-refractivity contribution is -0.120. The minimum absolute atomic E-state index is 0.0469. The summed E-state index contributed by atoms with van der Waals surface area (Å²) in [7, 11) is 0. The molecule has 1 aliphatic rings. The highest BCUT2D eigenvalue weighted by Crippen LogP contribution is 2.39. The van der Waals surface area contributed by atoms with Crippen LogP contribution < -0.4 is 5.32 Å². The van der Waals surface area contributed by atoms with Crippen LogP contribution in [0.1, 0.15) is 48.9 Å². The van der Waals surface area contributed by atoms with E-state index in [0.717, 1.165) is 29.1 Å². The van der Waals surface area contributed by atoms with E-state index in [1.54, 1.807) is 23.7 Å². The summed E-state index contributed by atoms with van der Waals surface area (Å²) in [5, 5.41) is 6.10. The normalized spacial score (nSPS) is 15.8. The molecule has 1 aromatic carbocycles. The Morgan fingerprint density at radius 1 is 1.17 bits per heavy atom. The van der Waals surface area contributed by atoms with Gasteiger partial charge in [0.25, 0.3) is 0 Å². The van der Waals surface area contributed by atoms with Crippen LogP contribution >= 0.6 is 11.3 Å². The number of carbonyl (C=O) groups is 1. The quantitative estimate of drug-likeness (QED) is 0.623. The number of nitrogens with one attached hydrogen (secondary N) is 1. The smallest absolute Gasteiger partial charge is 0.226 e. The second kappa shape index (κ2) is 8.87. The molecule has 29 heavy (non-hydrogen) atoms. The monoisotopic (exact) mass is 405 g/mol. The van der Waals surface area contributed by atoms with E-state index in [2.05, 4.69) is 46.5 Å². The van der Waals surface area contributed by atoms with E-state index in [1.165, 1.54) is 30.4 Å².